The van der Waals surface area contributed by atoms with Gasteiger partial charge in [-0.3, -0.25) is 0 Å². The molecule has 0 bridgehead atoms. The van der Waals surface area contributed by atoms with Crippen molar-refractivity contribution in [2.45, 2.75) is 38.4 Å². The number of alkyl halides is 3. The van der Waals surface area contributed by atoms with E-state index in [2.05, 4.69) is 11.8 Å². The molecular formula is C13H17F3N2. The number of halogens is 3. The van der Waals surface area contributed by atoms with Crippen LogP contribution >= 0.6 is 0 Å². The summed E-state index contributed by atoms with van der Waals surface area (Å²) in [6.07, 6.45) is -1.36. The van der Waals surface area contributed by atoms with Gasteiger partial charge in [-0.2, -0.15) is 13.2 Å². The van der Waals surface area contributed by atoms with Crippen molar-refractivity contribution in [3.05, 3.63) is 23.8 Å². The molecular weight excluding hydrogens is 241 g/mol. The van der Waals surface area contributed by atoms with Crippen LogP contribution in [-0.2, 0) is 6.18 Å². The molecule has 0 aliphatic carbocycles. The number of nitrogens with zero attached hydrogens (tertiary/aromatic N) is 1. The number of hydrogen-bond donors (Lipinski definition) is 1. The molecule has 1 aromatic rings. The minimum absolute atomic E-state index is 0.210. The Balaban J connectivity index is 2.35. The molecule has 0 saturated carbocycles. The quantitative estimate of drug-likeness (QED) is 0.820. The summed E-state index contributed by atoms with van der Waals surface area (Å²) in [6, 6.07) is 4.54. The summed E-state index contributed by atoms with van der Waals surface area (Å²) < 4.78 is 38.4. The van der Waals surface area contributed by atoms with Gasteiger partial charge in [-0.25, -0.2) is 0 Å². The first-order chi connectivity index (χ1) is 8.43. The number of anilines is 2. The van der Waals surface area contributed by atoms with Crippen molar-refractivity contribution in [3.8, 4) is 0 Å². The molecule has 1 heterocycles. The fourth-order valence-electron chi connectivity index (χ4n) is 2.57. The summed E-state index contributed by atoms with van der Waals surface area (Å²) in [5.74, 6) is 0. The molecule has 18 heavy (non-hydrogen) atoms. The van der Waals surface area contributed by atoms with Crippen molar-refractivity contribution in [1.82, 2.24) is 0 Å². The first-order valence-electron chi connectivity index (χ1n) is 6.17. The Kier molecular flexibility index (Phi) is 3.41. The van der Waals surface area contributed by atoms with E-state index < -0.39 is 11.7 Å². The second kappa shape index (κ2) is 4.71. The average Bonchev–Trinajstić information content (AvgIpc) is 2.76. The second-order valence-corrected chi connectivity index (χ2v) is 4.67. The maximum atomic E-state index is 12.8. The Morgan fingerprint density at radius 3 is 2.72 bits per heavy atom. The van der Waals surface area contributed by atoms with Crippen molar-refractivity contribution in [3.63, 3.8) is 0 Å². The normalized spacial score (nSPS) is 20.4. The van der Waals surface area contributed by atoms with E-state index in [1.807, 2.05) is 0 Å². The highest BCUT2D eigenvalue weighted by Gasteiger charge is 2.34. The molecule has 1 unspecified atom stereocenters. The molecule has 1 aromatic carbocycles. The summed E-state index contributed by atoms with van der Waals surface area (Å²) in [6.45, 7) is 2.88. The lowest BCUT2D eigenvalue weighted by Gasteiger charge is -2.27. The van der Waals surface area contributed by atoms with E-state index in [4.69, 9.17) is 5.73 Å². The molecule has 1 aliphatic heterocycles. The Labute approximate surface area is 105 Å². The number of nitrogen functional groups attached to an aromatic ring is 1. The molecule has 0 aromatic heterocycles. The first-order valence-corrected chi connectivity index (χ1v) is 6.17. The van der Waals surface area contributed by atoms with Crippen LogP contribution in [0.1, 0.15) is 31.7 Å². The largest absolute Gasteiger partial charge is 0.418 e. The lowest BCUT2D eigenvalue weighted by atomic mass is 10.1. The highest BCUT2D eigenvalue weighted by Crippen LogP contribution is 2.37. The molecule has 2 rings (SSSR count). The van der Waals surface area contributed by atoms with Crippen molar-refractivity contribution in [2.75, 3.05) is 17.2 Å². The Bertz CT molecular complexity index is 429. The Hall–Kier alpha value is -1.39. The van der Waals surface area contributed by atoms with Crippen molar-refractivity contribution >= 4 is 11.4 Å². The maximum absolute atomic E-state index is 12.8. The fraction of sp³-hybridized carbons (Fsp3) is 0.538. The zero-order valence-electron chi connectivity index (χ0n) is 10.3. The highest BCUT2D eigenvalue weighted by molar-refractivity contribution is 5.60. The van der Waals surface area contributed by atoms with Crippen LogP contribution in [0.4, 0.5) is 24.5 Å². The monoisotopic (exact) mass is 258 g/mol. The van der Waals surface area contributed by atoms with Crippen LogP contribution in [0, 0.1) is 0 Å². The Morgan fingerprint density at radius 1 is 1.39 bits per heavy atom. The van der Waals surface area contributed by atoms with E-state index in [1.165, 1.54) is 12.1 Å². The molecule has 0 amide bonds. The zero-order valence-corrected chi connectivity index (χ0v) is 10.3. The minimum atomic E-state index is -4.39. The smallest absolute Gasteiger partial charge is 0.398 e. The molecule has 5 heteroatoms. The third kappa shape index (κ3) is 2.40. The van der Waals surface area contributed by atoms with Crippen LogP contribution < -0.4 is 10.6 Å². The standard InChI is InChI=1S/C13H17F3N2/c1-2-9-4-3-7-18(9)10-5-6-12(17)11(8-10)13(14,15)16/h5-6,8-9H,2-4,7,17H2,1H3. The summed E-state index contributed by atoms with van der Waals surface area (Å²) in [4.78, 5) is 2.05. The minimum Gasteiger partial charge on any atom is -0.398 e. The van der Waals surface area contributed by atoms with E-state index in [9.17, 15) is 13.2 Å². The molecule has 1 atom stereocenters. The SMILES string of the molecule is CCC1CCCN1c1ccc(N)c(C(F)(F)F)c1. The van der Waals surface area contributed by atoms with E-state index in [-0.39, 0.29) is 5.69 Å². The van der Waals surface area contributed by atoms with Gasteiger partial charge in [0.25, 0.3) is 0 Å². The molecule has 0 spiro atoms. The molecule has 100 valence electrons. The summed E-state index contributed by atoms with van der Waals surface area (Å²) >= 11 is 0. The summed E-state index contributed by atoms with van der Waals surface area (Å²) in [5.41, 5.74) is 5.08. The predicted octanol–water partition coefficient (Wildman–Crippen LogP) is 3.67. The van der Waals surface area contributed by atoms with E-state index in [1.54, 1.807) is 6.07 Å². The topological polar surface area (TPSA) is 29.3 Å². The van der Waals surface area contributed by atoms with Gasteiger partial charge in [0.15, 0.2) is 0 Å². The third-order valence-corrected chi connectivity index (χ3v) is 3.52. The van der Waals surface area contributed by atoms with Crippen LogP contribution in [0.2, 0.25) is 0 Å². The predicted molar refractivity (Wildman–Crippen MR) is 66.5 cm³/mol. The summed E-state index contributed by atoms with van der Waals surface area (Å²) in [7, 11) is 0. The van der Waals surface area contributed by atoms with Crippen LogP contribution in [0.15, 0.2) is 18.2 Å². The number of hydrogen-bond acceptors (Lipinski definition) is 2. The molecule has 2 nitrogen and oxygen atoms in total. The van der Waals surface area contributed by atoms with Gasteiger partial charge in [-0.1, -0.05) is 6.92 Å². The third-order valence-electron chi connectivity index (χ3n) is 3.52. The van der Waals surface area contributed by atoms with E-state index in [0.29, 0.717) is 11.7 Å². The van der Waals surface area contributed by atoms with Crippen LogP contribution in [0.5, 0.6) is 0 Å². The molecule has 2 N–H and O–H groups in total. The van der Waals surface area contributed by atoms with Gasteiger partial charge in [0.05, 0.1) is 5.56 Å². The maximum Gasteiger partial charge on any atom is 0.418 e. The second-order valence-electron chi connectivity index (χ2n) is 4.67. The first kappa shape index (κ1) is 13.1. The van der Waals surface area contributed by atoms with Gasteiger partial charge in [0.2, 0.25) is 0 Å². The number of nitrogens with two attached hydrogens (primary N) is 1. The average molecular weight is 258 g/mol. The van der Waals surface area contributed by atoms with Gasteiger partial charge in [0, 0.05) is 24.0 Å². The lowest BCUT2D eigenvalue weighted by molar-refractivity contribution is -0.136. The van der Waals surface area contributed by atoms with Gasteiger partial charge < -0.3 is 10.6 Å². The van der Waals surface area contributed by atoms with Crippen molar-refractivity contribution < 1.29 is 13.2 Å². The van der Waals surface area contributed by atoms with E-state index in [0.717, 1.165) is 25.8 Å². The Morgan fingerprint density at radius 2 is 2.11 bits per heavy atom. The lowest BCUT2D eigenvalue weighted by Crippen LogP contribution is -2.28. The summed E-state index contributed by atoms with van der Waals surface area (Å²) in [5, 5.41) is 0. The van der Waals surface area contributed by atoms with Crippen LogP contribution in [0.3, 0.4) is 0 Å². The van der Waals surface area contributed by atoms with Crippen LogP contribution in [0.25, 0.3) is 0 Å². The van der Waals surface area contributed by atoms with Gasteiger partial charge in [-0.15, -0.1) is 0 Å². The zero-order chi connectivity index (χ0) is 13.3. The van der Waals surface area contributed by atoms with Crippen molar-refractivity contribution in [2.24, 2.45) is 0 Å². The van der Waals surface area contributed by atoms with Gasteiger partial charge in [0.1, 0.15) is 0 Å². The number of rotatable bonds is 2. The van der Waals surface area contributed by atoms with Crippen LogP contribution in [-0.4, -0.2) is 12.6 Å². The molecule has 1 aliphatic rings. The van der Waals surface area contributed by atoms with E-state index >= 15 is 0 Å². The van der Waals surface area contributed by atoms with Crippen molar-refractivity contribution in [1.29, 1.82) is 0 Å². The number of benzene rings is 1. The van der Waals surface area contributed by atoms with Gasteiger partial charge in [-0.05, 0) is 37.5 Å². The molecule has 0 radical (unpaired) electrons. The fourth-order valence-corrected chi connectivity index (χ4v) is 2.57. The molecule has 1 saturated heterocycles. The highest BCUT2D eigenvalue weighted by atomic mass is 19.4. The van der Waals surface area contributed by atoms with Gasteiger partial charge >= 0.3 is 6.18 Å². The molecule has 1 fully saturated rings.